The first-order valence-electron chi connectivity index (χ1n) is 4.82. The number of hydrogen-bond acceptors (Lipinski definition) is 3. The molecule has 0 atom stereocenters. The van der Waals surface area contributed by atoms with Crippen LogP contribution >= 0.6 is 0 Å². The van der Waals surface area contributed by atoms with E-state index in [-0.39, 0.29) is 10.9 Å². The molecule has 0 fully saturated rings. The van der Waals surface area contributed by atoms with Crippen LogP contribution in [0.4, 0.5) is 0 Å². The summed E-state index contributed by atoms with van der Waals surface area (Å²) in [4.78, 5) is 10.7. The summed E-state index contributed by atoms with van der Waals surface area (Å²) in [5, 5.41) is 18.2. The summed E-state index contributed by atoms with van der Waals surface area (Å²) < 4.78 is 0. The van der Waals surface area contributed by atoms with Crippen molar-refractivity contribution in [2.75, 3.05) is 0 Å². The Morgan fingerprint density at radius 2 is 1.87 bits per heavy atom. The van der Waals surface area contributed by atoms with Crippen LogP contribution in [0.3, 0.4) is 0 Å². The highest BCUT2D eigenvalue weighted by atomic mass is 16.4. The lowest BCUT2D eigenvalue weighted by atomic mass is 9.74. The van der Waals surface area contributed by atoms with Crippen LogP contribution in [-0.2, 0) is 5.41 Å². The molecule has 3 nitrogen and oxygen atoms in total. The van der Waals surface area contributed by atoms with Gasteiger partial charge in [-0.15, -0.1) is 0 Å². The van der Waals surface area contributed by atoms with Crippen molar-refractivity contribution >= 4 is 18.9 Å². The molecule has 0 bridgehead atoms. The molecular formula is C11H15BO3. The molecule has 0 saturated carbocycles. The summed E-state index contributed by atoms with van der Waals surface area (Å²) in [5.74, 6) is 0. The maximum absolute atomic E-state index is 10.7. The Labute approximate surface area is 89.9 Å². The van der Waals surface area contributed by atoms with Gasteiger partial charge < -0.3 is 10.0 Å². The lowest BCUT2D eigenvalue weighted by molar-refractivity contribution is 0.112. The summed E-state index contributed by atoms with van der Waals surface area (Å²) >= 11 is 0. The number of hydrogen-bond donors (Lipinski definition) is 2. The second kappa shape index (κ2) is 4.17. The van der Waals surface area contributed by atoms with Gasteiger partial charge in [0, 0.05) is 5.56 Å². The average molecular weight is 206 g/mol. The van der Waals surface area contributed by atoms with Crippen molar-refractivity contribution in [3.8, 4) is 0 Å². The number of carbonyl (C=O) groups is 1. The quantitative estimate of drug-likeness (QED) is 0.546. The highest BCUT2D eigenvalue weighted by Gasteiger charge is 2.20. The maximum Gasteiger partial charge on any atom is 0.489 e. The summed E-state index contributed by atoms with van der Waals surface area (Å²) in [6.45, 7) is 6.07. The fourth-order valence-corrected chi connectivity index (χ4v) is 1.37. The summed E-state index contributed by atoms with van der Waals surface area (Å²) in [5.41, 5.74) is 1.47. The van der Waals surface area contributed by atoms with Crippen LogP contribution in [0.5, 0.6) is 0 Å². The van der Waals surface area contributed by atoms with E-state index < -0.39 is 7.12 Å². The third-order valence-corrected chi connectivity index (χ3v) is 2.36. The average Bonchev–Trinajstić information content (AvgIpc) is 2.15. The Morgan fingerprint density at radius 3 is 2.27 bits per heavy atom. The summed E-state index contributed by atoms with van der Waals surface area (Å²) in [6, 6.07) is 5.10. The number of rotatable bonds is 2. The standard InChI is InChI=1S/C11H15BO3/c1-11(2,3)9-5-4-8(7-13)10(6-9)12(14)15/h4-7,14-15H,1-3H3. The molecule has 0 aromatic heterocycles. The molecule has 0 unspecified atom stereocenters. The summed E-state index contributed by atoms with van der Waals surface area (Å²) in [7, 11) is -1.60. The number of carbonyl (C=O) groups excluding carboxylic acids is 1. The zero-order valence-corrected chi connectivity index (χ0v) is 9.19. The fourth-order valence-electron chi connectivity index (χ4n) is 1.37. The first-order valence-corrected chi connectivity index (χ1v) is 4.82. The molecule has 0 saturated heterocycles. The Morgan fingerprint density at radius 1 is 1.27 bits per heavy atom. The van der Waals surface area contributed by atoms with Crippen LogP contribution in [0.15, 0.2) is 18.2 Å². The summed E-state index contributed by atoms with van der Waals surface area (Å²) in [6.07, 6.45) is 0.626. The molecule has 0 aliphatic heterocycles. The molecule has 0 radical (unpaired) electrons. The Balaban J connectivity index is 3.28. The van der Waals surface area contributed by atoms with Crippen molar-refractivity contribution in [1.82, 2.24) is 0 Å². The zero-order chi connectivity index (χ0) is 11.6. The first-order chi connectivity index (χ1) is 6.86. The van der Waals surface area contributed by atoms with E-state index in [0.29, 0.717) is 11.8 Å². The zero-order valence-electron chi connectivity index (χ0n) is 9.19. The van der Waals surface area contributed by atoms with Crippen LogP contribution in [0.25, 0.3) is 0 Å². The number of benzene rings is 1. The maximum atomic E-state index is 10.7. The third-order valence-electron chi connectivity index (χ3n) is 2.36. The third kappa shape index (κ3) is 2.67. The second-order valence-electron chi connectivity index (χ2n) is 4.59. The lowest BCUT2D eigenvalue weighted by Gasteiger charge is -2.20. The number of aldehydes is 1. The van der Waals surface area contributed by atoms with Crippen LogP contribution in [0.1, 0.15) is 36.7 Å². The minimum absolute atomic E-state index is 0.0783. The van der Waals surface area contributed by atoms with Crippen molar-refractivity contribution in [3.63, 3.8) is 0 Å². The Hall–Kier alpha value is -1.13. The molecular weight excluding hydrogens is 191 g/mol. The topological polar surface area (TPSA) is 57.5 Å². The fraction of sp³-hybridized carbons (Fsp3) is 0.364. The van der Waals surface area contributed by atoms with Gasteiger partial charge in [0.05, 0.1) is 0 Å². The van der Waals surface area contributed by atoms with Crippen molar-refractivity contribution in [2.45, 2.75) is 26.2 Å². The molecule has 4 heteroatoms. The molecule has 1 aromatic rings. The minimum atomic E-state index is -1.60. The van der Waals surface area contributed by atoms with Gasteiger partial charge in [0.15, 0.2) is 0 Å². The van der Waals surface area contributed by atoms with Crippen molar-refractivity contribution in [1.29, 1.82) is 0 Å². The van der Waals surface area contributed by atoms with Crippen molar-refractivity contribution in [3.05, 3.63) is 29.3 Å². The molecule has 0 heterocycles. The molecule has 1 aromatic carbocycles. The SMILES string of the molecule is CC(C)(C)c1ccc(C=O)c(B(O)O)c1. The van der Waals surface area contributed by atoms with Crippen LogP contribution in [0, 0.1) is 0 Å². The van der Waals surface area contributed by atoms with Crippen LogP contribution in [0.2, 0.25) is 0 Å². The highest BCUT2D eigenvalue weighted by Crippen LogP contribution is 2.21. The van der Waals surface area contributed by atoms with Gasteiger partial charge in [0.1, 0.15) is 6.29 Å². The van der Waals surface area contributed by atoms with Crippen LogP contribution < -0.4 is 5.46 Å². The van der Waals surface area contributed by atoms with E-state index in [0.717, 1.165) is 5.56 Å². The molecule has 0 amide bonds. The predicted octanol–water partition coefficient (Wildman–Crippen LogP) is 0.476. The molecule has 0 aliphatic rings. The molecule has 1 rings (SSSR count). The van der Waals surface area contributed by atoms with Gasteiger partial charge >= 0.3 is 7.12 Å². The van der Waals surface area contributed by atoms with Gasteiger partial charge in [-0.2, -0.15) is 0 Å². The van der Waals surface area contributed by atoms with Gasteiger partial charge in [0.25, 0.3) is 0 Å². The lowest BCUT2D eigenvalue weighted by Crippen LogP contribution is -2.34. The van der Waals surface area contributed by atoms with E-state index in [9.17, 15) is 4.79 Å². The van der Waals surface area contributed by atoms with Crippen molar-refractivity contribution in [2.24, 2.45) is 0 Å². The van der Waals surface area contributed by atoms with Gasteiger partial charge in [-0.25, -0.2) is 0 Å². The molecule has 0 aliphatic carbocycles. The molecule has 15 heavy (non-hydrogen) atoms. The first kappa shape index (κ1) is 11.9. The van der Waals surface area contributed by atoms with E-state index in [1.165, 1.54) is 0 Å². The highest BCUT2D eigenvalue weighted by molar-refractivity contribution is 6.60. The largest absolute Gasteiger partial charge is 0.489 e. The Kier molecular flexibility index (Phi) is 3.32. The van der Waals surface area contributed by atoms with Gasteiger partial charge in [-0.3, -0.25) is 4.79 Å². The monoisotopic (exact) mass is 206 g/mol. The molecule has 0 spiro atoms. The van der Waals surface area contributed by atoms with E-state index in [1.54, 1.807) is 12.1 Å². The van der Waals surface area contributed by atoms with Gasteiger partial charge in [0.2, 0.25) is 0 Å². The van der Waals surface area contributed by atoms with E-state index >= 15 is 0 Å². The predicted molar refractivity (Wildman–Crippen MR) is 60.4 cm³/mol. The Bertz CT molecular complexity index is 367. The van der Waals surface area contributed by atoms with Crippen LogP contribution in [-0.4, -0.2) is 23.5 Å². The normalized spacial score (nSPS) is 11.3. The minimum Gasteiger partial charge on any atom is -0.423 e. The van der Waals surface area contributed by atoms with Gasteiger partial charge in [-0.05, 0) is 16.4 Å². The second-order valence-corrected chi connectivity index (χ2v) is 4.59. The van der Waals surface area contributed by atoms with Crippen molar-refractivity contribution < 1.29 is 14.8 Å². The van der Waals surface area contributed by atoms with E-state index in [2.05, 4.69) is 0 Å². The van der Waals surface area contributed by atoms with E-state index in [1.807, 2.05) is 26.8 Å². The molecule has 80 valence electrons. The molecule has 2 N–H and O–H groups in total. The van der Waals surface area contributed by atoms with E-state index in [4.69, 9.17) is 10.0 Å². The smallest absolute Gasteiger partial charge is 0.423 e. The van der Waals surface area contributed by atoms with Gasteiger partial charge in [-0.1, -0.05) is 39.0 Å².